The molecule has 1 aliphatic heterocycles. The van der Waals surface area contributed by atoms with Gasteiger partial charge in [0.15, 0.2) is 0 Å². The molecule has 5 heteroatoms. The minimum atomic E-state index is 0.664. The van der Waals surface area contributed by atoms with Crippen molar-refractivity contribution in [3.05, 3.63) is 23.4 Å². The molecule has 0 spiro atoms. The van der Waals surface area contributed by atoms with Gasteiger partial charge < -0.3 is 4.42 Å². The van der Waals surface area contributed by atoms with Crippen LogP contribution in [0.15, 0.2) is 21.9 Å². The maximum absolute atomic E-state index is 5.86. The molecule has 0 N–H and O–H groups in total. The third kappa shape index (κ3) is 2.77. The third-order valence-electron chi connectivity index (χ3n) is 4.90. The number of likely N-dealkylation sites (tertiary alicyclic amines) is 1. The Morgan fingerprint density at radius 3 is 3.00 bits per heavy atom. The molecule has 21 heavy (non-hydrogen) atoms. The van der Waals surface area contributed by atoms with E-state index < -0.39 is 0 Å². The van der Waals surface area contributed by atoms with Crippen molar-refractivity contribution < 1.29 is 4.42 Å². The predicted molar refractivity (Wildman–Crippen MR) is 83.0 cm³/mol. The Morgan fingerprint density at radius 1 is 1.19 bits per heavy atom. The highest BCUT2D eigenvalue weighted by molar-refractivity contribution is 7.13. The van der Waals surface area contributed by atoms with E-state index in [1.165, 1.54) is 45.1 Å². The summed E-state index contributed by atoms with van der Waals surface area (Å²) >= 11 is 1.64. The zero-order valence-electron chi connectivity index (χ0n) is 12.2. The molecule has 3 heterocycles. The average Bonchev–Trinajstić information content (AvgIpc) is 3.18. The molecule has 0 amide bonds. The van der Waals surface area contributed by atoms with Crippen molar-refractivity contribution in [3.63, 3.8) is 0 Å². The molecule has 2 aromatic heterocycles. The largest absolute Gasteiger partial charge is 0.419 e. The maximum atomic E-state index is 5.86. The van der Waals surface area contributed by atoms with Crippen LogP contribution in [0.25, 0.3) is 10.8 Å². The maximum Gasteiger partial charge on any atom is 0.257 e. The lowest BCUT2D eigenvalue weighted by molar-refractivity contribution is 0.0483. The zero-order valence-corrected chi connectivity index (χ0v) is 13.0. The Bertz CT molecular complexity index is 578. The van der Waals surface area contributed by atoms with Crippen LogP contribution in [0.2, 0.25) is 0 Å². The Kier molecular flexibility index (Phi) is 3.78. The Hall–Kier alpha value is -1.20. The summed E-state index contributed by atoms with van der Waals surface area (Å²) in [5.41, 5.74) is 0. The molecule has 112 valence electrons. The summed E-state index contributed by atoms with van der Waals surface area (Å²) in [6, 6.07) is 4.78. The molecule has 4 nitrogen and oxygen atoms in total. The van der Waals surface area contributed by atoms with Gasteiger partial charge in [0.2, 0.25) is 5.89 Å². The summed E-state index contributed by atoms with van der Waals surface area (Å²) < 4.78 is 5.86. The van der Waals surface area contributed by atoms with E-state index >= 15 is 0 Å². The van der Waals surface area contributed by atoms with Crippen molar-refractivity contribution in [2.75, 3.05) is 6.54 Å². The van der Waals surface area contributed by atoms with E-state index in [2.05, 4.69) is 15.1 Å². The van der Waals surface area contributed by atoms with Crippen LogP contribution in [0.1, 0.15) is 44.4 Å². The van der Waals surface area contributed by atoms with Gasteiger partial charge in [0, 0.05) is 6.04 Å². The van der Waals surface area contributed by atoms with Crippen molar-refractivity contribution in [3.8, 4) is 10.8 Å². The smallest absolute Gasteiger partial charge is 0.257 e. The van der Waals surface area contributed by atoms with Crippen molar-refractivity contribution in [2.24, 2.45) is 5.92 Å². The van der Waals surface area contributed by atoms with Crippen molar-refractivity contribution in [1.29, 1.82) is 0 Å². The minimum Gasteiger partial charge on any atom is -0.419 e. The quantitative estimate of drug-likeness (QED) is 0.861. The molecule has 2 aliphatic rings. The molecule has 0 bridgehead atoms. The lowest BCUT2D eigenvalue weighted by Gasteiger charge is -2.43. The summed E-state index contributed by atoms with van der Waals surface area (Å²) in [5, 5.41) is 10.5. The average molecular weight is 303 g/mol. The molecule has 1 aliphatic carbocycles. The fourth-order valence-corrected chi connectivity index (χ4v) is 4.56. The van der Waals surface area contributed by atoms with Crippen LogP contribution in [0.4, 0.5) is 0 Å². The van der Waals surface area contributed by atoms with Crippen LogP contribution < -0.4 is 0 Å². The molecule has 1 saturated heterocycles. The van der Waals surface area contributed by atoms with E-state index in [1.807, 2.05) is 17.5 Å². The van der Waals surface area contributed by atoms with Crippen molar-refractivity contribution in [2.45, 2.75) is 51.1 Å². The Morgan fingerprint density at radius 2 is 2.10 bits per heavy atom. The van der Waals surface area contributed by atoms with Crippen molar-refractivity contribution >= 4 is 11.3 Å². The fraction of sp³-hybridized carbons (Fsp3) is 0.625. The van der Waals surface area contributed by atoms with Gasteiger partial charge >= 0.3 is 0 Å². The number of aromatic nitrogens is 2. The summed E-state index contributed by atoms with van der Waals surface area (Å²) in [5.74, 6) is 2.33. The predicted octanol–water partition coefficient (Wildman–Crippen LogP) is 3.95. The van der Waals surface area contributed by atoms with Crippen molar-refractivity contribution in [1.82, 2.24) is 15.1 Å². The number of thiophene rings is 1. The summed E-state index contributed by atoms with van der Waals surface area (Å²) in [7, 11) is 0. The molecule has 2 aromatic rings. The van der Waals surface area contributed by atoms with E-state index in [-0.39, 0.29) is 0 Å². The number of hydrogen-bond acceptors (Lipinski definition) is 5. The molecular weight excluding hydrogens is 282 g/mol. The first-order valence-electron chi connectivity index (χ1n) is 8.00. The molecule has 2 fully saturated rings. The van der Waals surface area contributed by atoms with Gasteiger partial charge in [-0.25, -0.2) is 0 Å². The number of piperidine rings is 1. The summed E-state index contributed by atoms with van der Waals surface area (Å²) in [6.45, 7) is 2.00. The highest BCUT2D eigenvalue weighted by Crippen LogP contribution is 2.36. The first kappa shape index (κ1) is 13.5. The summed E-state index contributed by atoms with van der Waals surface area (Å²) in [4.78, 5) is 3.64. The van der Waals surface area contributed by atoms with Crippen LogP contribution in [-0.4, -0.2) is 27.7 Å². The molecule has 4 rings (SSSR count). The molecule has 2 atom stereocenters. The molecule has 0 aromatic carbocycles. The van der Waals surface area contributed by atoms with Crippen LogP contribution in [0, 0.1) is 5.92 Å². The van der Waals surface area contributed by atoms with E-state index in [0.29, 0.717) is 5.89 Å². The molecule has 2 unspecified atom stereocenters. The number of nitrogens with zero attached hydrogens (tertiary/aromatic N) is 3. The molecular formula is C16H21N3OS. The number of fused-ring (bicyclic) bond motifs is 1. The highest BCUT2D eigenvalue weighted by Gasteiger charge is 2.33. The van der Waals surface area contributed by atoms with Crippen LogP contribution in [0.3, 0.4) is 0 Å². The van der Waals surface area contributed by atoms with Gasteiger partial charge in [0.1, 0.15) is 0 Å². The first-order valence-corrected chi connectivity index (χ1v) is 8.88. The van der Waals surface area contributed by atoms with E-state index in [0.717, 1.165) is 29.3 Å². The lowest BCUT2D eigenvalue weighted by Crippen LogP contribution is -2.46. The SMILES string of the molecule is c1csc(-c2nnc(CN3CCCC4CCCCC43)o2)c1. The Labute approximate surface area is 129 Å². The van der Waals surface area contributed by atoms with E-state index in [4.69, 9.17) is 4.42 Å². The second-order valence-corrected chi connectivity index (χ2v) is 7.15. The van der Waals surface area contributed by atoms with Gasteiger partial charge in [-0.05, 0) is 49.6 Å². The zero-order chi connectivity index (χ0) is 14.1. The molecule has 1 saturated carbocycles. The number of hydrogen-bond donors (Lipinski definition) is 0. The minimum absolute atomic E-state index is 0.664. The van der Waals surface area contributed by atoms with Gasteiger partial charge in [-0.3, -0.25) is 4.90 Å². The van der Waals surface area contributed by atoms with Gasteiger partial charge in [-0.2, -0.15) is 0 Å². The number of rotatable bonds is 3. The molecule has 0 radical (unpaired) electrons. The van der Waals surface area contributed by atoms with Crippen LogP contribution >= 0.6 is 11.3 Å². The monoisotopic (exact) mass is 303 g/mol. The first-order chi connectivity index (χ1) is 10.4. The second kappa shape index (κ2) is 5.89. The van der Waals surface area contributed by atoms with E-state index in [1.54, 1.807) is 11.3 Å². The van der Waals surface area contributed by atoms with Gasteiger partial charge in [0.25, 0.3) is 5.89 Å². The lowest BCUT2D eigenvalue weighted by atomic mass is 9.78. The van der Waals surface area contributed by atoms with Crippen LogP contribution in [-0.2, 0) is 6.54 Å². The topological polar surface area (TPSA) is 42.2 Å². The van der Waals surface area contributed by atoms with E-state index in [9.17, 15) is 0 Å². The van der Waals surface area contributed by atoms with Gasteiger partial charge in [0.05, 0.1) is 11.4 Å². The van der Waals surface area contributed by atoms with Gasteiger partial charge in [-0.15, -0.1) is 21.5 Å². The highest BCUT2D eigenvalue weighted by atomic mass is 32.1. The second-order valence-electron chi connectivity index (χ2n) is 6.20. The van der Waals surface area contributed by atoms with Gasteiger partial charge in [-0.1, -0.05) is 18.9 Å². The fourth-order valence-electron chi connectivity index (χ4n) is 3.92. The Balaban J connectivity index is 1.47. The standard InChI is InChI=1S/C16H21N3OS/c1-2-7-13-12(5-1)6-3-9-19(13)11-15-17-18-16(20-15)14-8-4-10-21-14/h4,8,10,12-13H,1-3,5-7,9,11H2. The summed E-state index contributed by atoms with van der Waals surface area (Å²) in [6.07, 6.45) is 8.26. The van der Waals surface area contributed by atoms with Crippen LogP contribution in [0.5, 0.6) is 0 Å². The normalized spacial score (nSPS) is 26.7. The third-order valence-corrected chi connectivity index (χ3v) is 5.75.